The molecule has 0 saturated carbocycles. The fraction of sp³-hybridized carbons (Fsp3) is 0.222. The van der Waals surface area contributed by atoms with Gasteiger partial charge in [0.2, 0.25) is 0 Å². The summed E-state index contributed by atoms with van der Waals surface area (Å²) in [5, 5.41) is 5.45. The largest absolute Gasteiger partial charge is 0.493 e. The number of methoxy groups -OCH3 is 1. The number of hydrogen-bond acceptors (Lipinski definition) is 5. The van der Waals surface area contributed by atoms with E-state index in [-0.39, 0.29) is 18.4 Å². The van der Waals surface area contributed by atoms with E-state index in [1.807, 2.05) is 6.07 Å². The molecule has 1 aliphatic rings. The Hall–Kier alpha value is -3.22. The standard InChI is InChI=1S/C18H18N2O5/c1-11-18(22)20-13-9-12(7-8-14(13)25-11)19-17(21)10-24-16-6-4-3-5-15(16)23-2/h3-9,11H,10H2,1-2H3,(H,19,21)(H,20,22)/t11-/m1/s1. The molecule has 0 aliphatic carbocycles. The second-order valence-electron chi connectivity index (χ2n) is 5.45. The maximum Gasteiger partial charge on any atom is 0.265 e. The second-order valence-corrected chi connectivity index (χ2v) is 5.45. The van der Waals surface area contributed by atoms with Crippen molar-refractivity contribution in [1.82, 2.24) is 0 Å². The van der Waals surface area contributed by atoms with E-state index in [9.17, 15) is 9.59 Å². The Morgan fingerprint density at radius 1 is 1.24 bits per heavy atom. The van der Waals surface area contributed by atoms with E-state index in [1.54, 1.807) is 43.3 Å². The van der Waals surface area contributed by atoms with Gasteiger partial charge in [-0.15, -0.1) is 0 Å². The predicted molar refractivity (Wildman–Crippen MR) is 92.3 cm³/mol. The van der Waals surface area contributed by atoms with Crippen molar-refractivity contribution in [3.63, 3.8) is 0 Å². The van der Waals surface area contributed by atoms with Gasteiger partial charge >= 0.3 is 0 Å². The maximum atomic E-state index is 12.1. The molecule has 2 amide bonds. The third kappa shape index (κ3) is 3.82. The number of anilines is 2. The second kappa shape index (κ2) is 7.12. The molecule has 1 heterocycles. The summed E-state index contributed by atoms with van der Waals surface area (Å²) in [5.74, 6) is 1.05. The SMILES string of the molecule is COc1ccccc1OCC(=O)Nc1ccc2c(c1)NC(=O)[C@@H](C)O2. The number of amides is 2. The molecule has 7 nitrogen and oxygen atoms in total. The van der Waals surface area contributed by atoms with E-state index >= 15 is 0 Å². The Morgan fingerprint density at radius 3 is 2.76 bits per heavy atom. The van der Waals surface area contributed by atoms with Crippen molar-refractivity contribution in [2.24, 2.45) is 0 Å². The van der Waals surface area contributed by atoms with Crippen LogP contribution in [0.3, 0.4) is 0 Å². The van der Waals surface area contributed by atoms with Crippen LogP contribution in [-0.2, 0) is 9.59 Å². The number of carbonyl (C=O) groups is 2. The van der Waals surface area contributed by atoms with E-state index in [2.05, 4.69) is 10.6 Å². The van der Waals surface area contributed by atoms with Gasteiger partial charge in [-0.1, -0.05) is 12.1 Å². The quantitative estimate of drug-likeness (QED) is 0.872. The van der Waals surface area contributed by atoms with Crippen LogP contribution in [0.4, 0.5) is 11.4 Å². The first-order valence-electron chi connectivity index (χ1n) is 7.74. The molecular formula is C18H18N2O5. The zero-order valence-corrected chi connectivity index (χ0v) is 13.9. The van der Waals surface area contributed by atoms with Crippen molar-refractivity contribution in [1.29, 1.82) is 0 Å². The Bertz CT molecular complexity index is 806. The molecule has 1 aliphatic heterocycles. The summed E-state index contributed by atoms with van der Waals surface area (Å²) in [6.45, 7) is 1.50. The molecule has 0 unspecified atom stereocenters. The molecule has 7 heteroatoms. The summed E-state index contributed by atoms with van der Waals surface area (Å²) in [6, 6.07) is 12.1. The van der Waals surface area contributed by atoms with Gasteiger partial charge < -0.3 is 24.8 Å². The van der Waals surface area contributed by atoms with Crippen LogP contribution >= 0.6 is 0 Å². The molecule has 0 fully saturated rings. The number of nitrogens with one attached hydrogen (secondary N) is 2. The summed E-state index contributed by atoms with van der Waals surface area (Å²) in [4.78, 5) is 23.7. The molecule has 0 spiro atoms. The van der Waals surface area contributed by atoms with Crippen LogP contribution in [0.15, 0.2) is 42.5 Å². The average molecular weight is 342 g/mol. The molecule has 0 radical (unpaired) electrons. The fourth-order valence-corrected chi connectivity index (χ4v) is 2.36. The molecule has 130 valence electrons. The number of carbonyl (C=O) groups excluding carboxylic acids is 2. The van der Waals surface area contributed by atoms with Gasteiger partial charge in [-0.05, 0) is 37.3 Å². The number of hydrogen-bond donors (Lipinski definition) is 2. The van der Waals surface area contributed by atoms with Crippen molar-refractivity contribution in [2.45, 2.75) is 13.0 Å². The monoisotopic (exact) mass is 342 g/mol. The lowest BCUT2D eigenvalue weighted by atomic mass is 10.2. The van der Waals surface area contributed by atoms with Crippen LogP contribution in [0, 0.1) is 0 Å². The smallest absolute Gasteiger partial charge is 0.265 e. The summed E-state index contributed by atoms with van der Waals surface area (Å²) < 4.78 is 16.1. The highest BCUT2D eigenvalue weighted by atomic mass is 16.5. The number of fused-ring (bicyclic) bond motifs is 1. The zero-order valence-electron chi connectivity index (χ0n) is 13.9. The lowest BCUT2D eigenvalue weighted by Gasteiger charge is -2.23. The van der Waals surface area contributed by atoms with E-state index in [0.29, 0.717) is 28.6 Å². The third-order valence-electron chi connectivity index (χ3n) is 3.62. The summed E-state index contributed by atoms with van der Waals surface area (Å²) >= 11 is 0. The molecule has 0 saturated heterocycles. The number of ether oxygens (including phenoxy) is 3. The van der Waals surface area contributed by atoms with Crippen molar-refractivity contribution in [2.75, 3.05) is 24.4 Å². The molecule has 25 heavy (non-hydrogen) atoms. The summed E-state index contributed by atoms with van der Waals surface area (Å²) in [6.07, 6.45) is -0.540. The molecule has 2 aromatic carbocycles. The van der Waals surface area contributed by atoms with E-state index < -0.39 is 6.10 Å². The fourth-order valence-electron chi connectivity index (χ4n) is 2.36. The molecule has 3 rings (SSSR count). The molecule has 2 aromatic rings. The lowest BCUT2D eigenvalue weighted by Crippen LogP contribution is -2.34. The van der Waals surface area contributed by atoms with Crippen molar-refractivity contribution >= 4 is 23.2 Å². The van der Waals surface area contributed by atoms with Gasteiger partial charge in [0.25, 0.3) is 11.8 Å². The Balaban J connectivity index is 1.62. The van der Waals surface area contributed by atoms with Gasteiger partial charge in [0.05, 0.1) is 12.8 Å². The van der Waals surface area contributed by atoms with Crippen LogP contribution in [0.2, 0.25) is 0 Å². The molecular weight excluding hydrogens is 324 g/mol. The van der Waals surface area contributed by atoms with Crippen LogP contribution in [0.25, 0.3) is 0 Å². The Kier molecular flexibility index (Phi) is 4.74. The minimum Gasteiger partial charge on any atom is -0.493 e. The molecule has 1 atom stereocenters. The van der Waals surface area contributed by atoms with Gasteiger partial charge in [-0.3, -0.25) is 9.59 Å². The predicted octanol–water partition coefficient (Wildman–Crippen LogP) is 2.43. The molecule has 2 N–H and O–H groups in total. The van der Waals surface area contributed by atoms with Gasteiger partial charge in [-0.25, -0.2) is 0 Å². The minimum absolute atomic E-state index is 0.169. The Morgan fingerprint density at radius 2 is 2.00 bits per heavy atom. The summed E-state index contributed by atoms with van der Waals surface area (Å²) in [7, 11) is 1.53. The van der Waals surface area contributed by atoms with E-state index in [0.717, 1.165) is 0 Å². The third-order valence-corrected chi connectivity index (χ3v) is 3.62. The average Bonchev–Trinajstić information content (AvgIpc) is 2.61. The highest BCUT2D eigenvalue weighted by Gasteiger charge is 2.23. The summed E-state index contributed by atoms with van der Waals surface area (Å²) in [5.41, 5.74) is 1.05. The van der Waals surface area contributed by atoms with Crippen LogP contribution < -0.4 is 24.8 Å². The molecule has 0 aromatic heterocycles. The first-order valence-corrected chi connectivity index (χ1v) is 7.74. The number of rotatable bonds is 5. The van der Waals surface area contributed by atoms with Gasteiger partial charge in [0.1, 0.15) is 5.75 Å². The van der Waals surface area contributed by atoms with Crippen LogP contribution in [-0.4, -0.2) is 31.6 Å². The van der Waals surface area contributed by atoms with Crippen LogP contribution in [0.5, 0.6) is 17.2 Å². The van der Waals surface area contributed by atoms with Crippen molar-refractivity contribution in [3.8, 4) is 17.2 Å². The van der Waals surface area contributed by atoms with Gasteiger partial charge in [0, 0.05) is 5.69 Å². The molecule has 0 bridgehead atoms. The highest BCUT2D eigenvalue weighted by molar-refractivity contribution is 5.99. The normalized spacial score (nSPS) is 15.4. The van der Waals surface area contributed by atoms with E-state index in [1.165, 1.54) is 7.11 Å². The number of para-hydroxylation sites is 2. The lowest BCUT2D eigenvalue weighted by molar-refractivity contribution is -0.122. The topological polar surface area (TPSA) is 85.9 Å². The van der Waals surface area contributed by atoms with Gasteiger partial charge in [0.15, 0.2) is 24.2 Å². The van der Waals surface area contributed by atoms with Gasteiger partial charge in [-0.2, -0.15) is 0 Å². The highest BCUT2D eigenvalue weighted by Crippen LogP contribution is 2.32. The Labute approximate surface area is 144 Å². The first kappa shape index (κ1) is 16.6. The first-order chi connectivity index (χ1) is 12.1. The minimum atomic E-state index is -0.540. The van der Waals surface area contributed by atoms with Crippen molar-refractivity contribution < 1.29 is 23.8 Å². The maximum absolute atomic E-state index is 12.1. The van der Waals surface area contributed by atoms with Crippen LogP contribution in [0.1, 0.15) is 6.92 Å². The van der Waals surface area contributed by atoms with E-state index in [4.69, 9.17) is 14.2 Å². The zero-order chi connectivity index (χ0) is 17.8. The number of benzene rings is 2. The van der Waals surface area contributed by atoms with Crippen molar-refractivity contribution in [3.05, 3.63) is 42.5 Å².